The zero-order chi connectivity index (χ0) is 24.3. The Bertz CT molecular complexity index is 1110. The molecule has 0 N–H and O–H groups in total. The molecule has 1 aromatic heterocycles. The van der Waals surface area contributed by atoms with E-state index in [-0.39, 0.29) is 30.1 Å². The third-order valence-electron chi connectivity index (χ3n) is 6.55. The topological polar surface area (TPSA) is 22.1 Å². The molecule has 0 aliphatic heterocycles. The van der Waals surface area contributed by atoms with Crippen molar-refractivity contribution < 1.29 is 26.7 Å². The van der Waals surface area contributed by atoms with Crippen molar-refractivity contribution in [2.45, 2.75) is 57.2 Å². The number of benzene rings is 2. The van der Waals surface area contributed by atoms with Crippen molar-refractivity contribution in [1.29, 1.82) is 0 Å². The van der Waals surface area contributed by atoms with Crippen LogP contribution in [0.3, 0.4) is 0 Å². The molecule has 4 rings (SSSR count). The summed E-state index contributed by atoms with van der Waals surface area (Å²) in [5, 5.41) is 0. The van der Waals surface area contributed by atoms with E-state index >= 15 is 8.78 Å². The van der Waals surface area contributed by atoms with E-state index in [1.54, 1.807) is 61.7 Å². The predicted octanol–water partition coefficient (Wildman–Crippen LogP) is 8.28. The highest BCUT2D eigenvalue weighted by Gasteiger charge is 2.42. The summed E-state index contributed by atoms with van der Waals surface area (Å²) in [6.07, 6.45) is -4.89. The van der Waals surface area contributed by atoms with Crippen LogP contribution in [0.1, 0.15) is 55.2 Å². The monoisotopic (exact) mass is 475 g/mol. The number of para-hydroxylation sites is 1. The Kier molecular flexibility index (Phi) is 6.91. The van der Waals surface area contributed by atoms with Crippen molar-refractivity contribution in [3.8, 4) is 17.0 Å². The fraction of sp³-hybridized carbons (Fsp3) is 0.370. The minimum atomic E-state index is -4.17. The van der Waals surface area contributed by atoms with Crippen molar-refractivity contribution in [3.05, 3.63) is 83.6 Å². The van der Waals surface area contributed by atoms with Gasteiger partial charge in [-0.1, -0.05) is 37.3 Å². The highest BCUT2D eigenvalue weighted by molar-refractivity contribution is 5.66. The second kappa shape index (κ2) is 9.72. The molecule has 1 heterocycles. The number of alkyl halides is 5. The Labute approximate surface area is 195 Å². The van der Waals surface area contributed by atoms with Crippen LogP contribution in [0.5, 0.6) is 5.75 Å². The van der Waals surface area contributed by atoms with Crippen molar-refractivity contribution >= 4 is 0 Å². The smallest absolute Gasteiger partial charge is 0.426 e. The summed E-state index contributed by atoms with van der Waals surface area (Å²) in [7, 11) is 0. The van der Waals surface area contributed by atoms with Crippen LogP contribution >= 0.6 is 0 Å². The van der Waals surface area contributed by atoms with Gasteiger partial charge >= 0.3 is 12.3 Å². The third kappa shape index (κ3) is 5.24. The van der Waals surface area contributed by atoms with Gasteiger partial charge in [-0.3, -0.25) is 4.98 Å². The zero-order valence-electron chi connectivity index (χ0n) is 18.8. The molecule has 0 atom stereocenters. The first-order valence-electron chi connectivity index (χ1n) is 11.5. The Morgan fingerprint density at radius 3 is 2.24 bits per heavy atom. The number of ether oxygens (including phenoxy) is 1. The lowest BCUT2D eigenvalue weighted by Gasteiger charge is -2.30. The molecule has 0 saturated heterocycles. The molecular weight excluding hydrogens is 449 g/mol. The highest BCUT2D eigenvalue weighted by atomic mass is 19.4. The average molecular weight is 476 g/mol. The maximum atomic E-state index is 15.4. The lowest BCUT2D eigenvalue weighted by atomic mass is 9.78. The first-order chi connectivity index (χ1) is 16.2. The van der Waals surface area contributed by atoms with E-state index in [0.29, 0.717) is 36.1 Å². The average Bonchev–Trinajstić information content (AvgIpc) is 2.84. The molecule has 7 heteroatoms. The van der Waals surface area contributed by atoms with Crippen LogP contribution in [0.15, 0.2) is 66.9 Å². The minimum absolute atomic E-state index is 0.0165. The number of aryl methyl sites for hydroxylation is 1. The van der Waals surface area contributed by atoms with Crippen LogP contribution in [0, 0.1) is 5.92 Å². The predicted molar refractivity (Wildman–Crippen MR) is 121 cm³/mol. The van der Waals surface area contributed by atoms with Gasteiger partial charge in [-0.15, -0.1) is 0 Å². The molecule has 1 aliphatic rings. The number of rotatable bonds is 6. The summed E-state index contributed by atoms with van der Waals surface area (Å²) in [5.74, 6) is -1.31. The molecule has 0 spiro atoms. The fourth-order valence-electron chi connectivity index (χ4n) is 4.68. The lowest BCUT2D eigenvalue weighted by Crippen LogP contribution is -2.27. The zero-order valence-corrected chi connectivity index (χ0v) is 18.8. The third-order valence-corrected chi connectivity index (χ3v) is 6.55. The van der Waals surface area contributed by atoms with Crippen LogP contribution in [-0.2, 0) is 12.5 Å². The Hall–Kier alpha value is -2.96. The van der Waals surface area contributed by atoms with E-state index in [9.17, 15) is 13.2 Å². The molecule has 1 aliphatic carbocycles. The summed E-state index contributed by atoms with van der Waals surface area (Å²) >= 11 is 0. The Morgan fingerprint density at radius 1 is 0.882 bits per heavy atom. The first-order valence-corrected chi connectivity index (χ1v) is 11.5. The van der Waals surface area contributed by atoms with E-state index < -0.39 is 18.2 Å². The number of halogens is 5. The molecule has 0 amide bonds. The molecule has 180 valence electrons. The number of hydrogen-bond acceptors (Lipinski definition) is 2. The van der Waals surface area contributed by atoms with Crippen LogP contribution in [0.4, 0.5) is 22.0 Å². The fourth-order valence-corrected chi connectivity index (χ4v) is 4.68. The van der Waals surface area contributed by atoms with Crippen LogP contribution in [-0.4, -0.2) is 11.2 Å². The maximum absolute atomic E-state index is 15.4. The van der Waals surface area contributed by atoms with Crippen molar-refractivity contribution in [3.63, 3.8) is 0 Å². The molecule has 0 bridgehead atoms. The first kappa shape index (κ1) is 24.2. The number of aromatic nitrogens is 1. The van der Waals surface area contributed by atoms with Gasteiger partial charge in [0.1, 0.15) is 5.75 Å². The van der Waals surface area contributed by atoms with Gasteiger partial charge in [0.05, 0.1) is 17.2 Å². The number of hydrogen-bond donors (Lipinski definition) is 0. The molecular formula is C27H26F5NO. The molecule has 2 aromatic carbocycles. The molecule has 0 radical (unpaired) electrons. The molecule has 1 fully saturated rings. The van der Waals surface area contributed by atoms with Gasteiger partial charge in [-0.05, 0) is 79.5 Å². The number of pyridine rings is 1. The van der Waals surface area contributed by atoms with Gasteiger partial charge in [0.15, 0.2) is 0 Å². The lowest BCUT2D eigenvalue weighted by molar-refractivity contribution is -0.186. The molecule has 0 unspecified atom stereocenters. The van der Waals surface area contributed by atoms with Crippen LogP contribution < -0.4 is 4.74 Å². The quantitative estimate of drug-likeness (QED) is 0.335. The van der Waals surface area contributed by atoms with Gasteiger partial charge in [0, 0.05) is 11.8 Å². The van der Waals surface area contributed by atoms with Gasteiger partial charge in [-0.2, -0.15) is 22.0 Å². The Morgan fingerprint density at radius 2 is 1.59 bits per heavy atom. The second-order valence-corrected chi connectivity index (χ2v) is 8.69. The summed E-state index contributed by atoms with van der Waals surface area (Å²) in [5.41, 5.74) is 1.98. The van der Waals surface area contributed by atoms with Gasteiger partial charge in [0.2, 0.25) is 0 Å². The van der Waals surface area contributed by atoms with Crippen molar-refractivity contribution in [2.24, 2.45) is 5.92 Å². The van der Waals surface area contributed by atoms with E-state index in [2.05, 4.69) is 4.98 Å². The molecule has 3 aromatic rings. The van der Waals surface area contributed by atoms with E-state index in [1.807, 2.05) is 0 Å². The standard InChI is InChI=1S/C27H26F5NO/c1-2-18-17-20(19-10-13-21(14-11-19)26(28,29)30)12-15-23(18)27(31,32)34-25-9-4-3-7-22(25)24-8-5-6-16-33-24/h3-9,12,15-17,19,21H,2,10-11,13-14H2,1H3. The summed E-state index contributed by atoms with van der Waals surface area (Å²) in [4.78, 5) is 4.23. The summed E-state index contributed by atoms with van der Waals surface area (Å²) in [6, 6.07) is 16.4. The van der Waals surface area contributed by atoms with Crippen LogP contribution in [0.25, 0.3) is 11.3 Å². The van der Waals surface area contributed by atoms with Crippen molar-refractivity contribution in [1.82, 2.24) is 4.98 Å². The van der Waals surface area contributed by atoms with Crippen LogP contribution in [0.2, 0.25) is 0 Å². The minimum Gasteiger partial charge on any atom is -0.428 e. The summed E-state index contributed by atoms with van der Waals surface area (Å²) < 4.78 is 75.0. The second-order valence-electron chi connectivity index (χ2n) is 8.69. The molecule has 2 nitrogen and oxygen atoms in total. The largest absolute Gasteiger partial charge is 0.428 e. The number of nitrogens with zero attached hydrogens (tertiary/aromatic N) is 1. The van der Waals surface area contributed by atoms with E-state index in [0.717, 1.165) is 5.56 Å². The van der Waals surface area contributed by atoms with Gasteiger partial charge in [0.25, 0.3) is 0 Å². The molecule has 34 heavy (non-hydrogen) atoms. The molecule has 1 saturated carbocycles. The Balaban J connectivity index is 1.57. The van der Waals surface area contributed by atoms with E-state index in [4.69, 9.17) is 4.74 Å². The summed E-state index contributed by atoms with van der Waals surface area (Å²) in [6.45, 7) is 1.78. The SMILES string of the molecule is CCc1cc(C2CCC(C(F)(F)F)CC2)ccc1C(F)(F)Oc1ccccc1-c1ccccn1. The normalized spacial score (nSPS) is 19.1. The van der Waals surface area contributed by atoms with Gasteiger partial charge < -0.3 is 4.74 Å². The highest BCUT2D eigenvalue weighted by Crippen LogP contribution is 2.44. The maximum Gasteiger partial charge on any atom is 0.426 e. The van der Waals surface area contributed by atoms with Crippen molar-refractivity contribution in [2.75, 3.05) is 0 Å². The van der Waals surface area contributed by atoms with E-state index in [1.165, 1.54) is 12.1 Å². The van der Waals surface area contributed by atoms with Gasteiger partial charge in [-0.25, -0.2) is 0 Å².